The minimum atomic E-state index is -0.0991. The van der Waals surface area contributed by atoms with Gasteiger partial charge in [-0.15, -0.1) is 0 Å². The predicted molar refractivity (Wildman–Crippen MR) is 59.0 cm³/mol. The fourth-order valence-corrected chi connectivity index (χ4v) is 1.77. The highest BCUT2D eigenvalue weighted by atomic mass is 16.1. The third-order valence-electron chi connectivity index (χ3n) is 2.47. The van der Waals surface area contributed by atoms with Crippen LogP contribution in [-0.2, 0) is 0 Å². The molecule has 3 nitrogen and oxygen atoms in total. The van der Waals surface area contributed by atoms with Crippen molar-refractivity contribution in [2.24, 2.45) is 0 Å². The van der Waals surface area contributed by atoms with E-state index in [-0.39, 0.29) is 5.56 Å². The Bertz CT molecular complexity index is 657. The van der Waals surface area contributed by atoms with E-state index < -0.39 is 0 Å². The lowest BCUT2D eigenvalue weighted by molar-refractivity contribution is 1.29. The van der Waals surface area contributed by atoms with Crippen molar-refractivity contribution in [2.75, 3.05) is 0 Å². The van der Waals surface area contributed by atoms with Crippen LogP contribution in [0.5, 0.6) is 0 Å². The first kappa shape index (κ1) is 8.17. The third kappa shape index (κ3) is 1.21. The average Bonchev–Trinajstić information content (AvgIpc) is 2.62. The first-order chi connectivity index (χ1) is 7.34. The number of rotatable bonds is 0. The van der Waals surface area contributed by atoms with E-state index in [0.717, 1.165) is 22.2 Å². The van der Waals surface area contributed by atoms with Gasteiger partial charge in [0.15, 0.2) is 0 Å². The van der Waals surface area contributed by atoms with Gasteiger partial charge in [-0.1, -0.05) is 18.2 Å². The molecular formula is C12H8N2O. The maximum atomic E-state index is 11.3. The maximum absolute atomic E-state index is 11.3. The van der Waals surface area contributed by atoms with Gasteiger partial charge in [0.2, 0.25) is 5.56 Å². The van der Waals surface area contributed by atoms with Crippen LogP contribution >= 0.6 is 0 Å². The molecule has 0 bridgehead atoms. The molecular weight excluding hydrogens is 188 g/mol. The molecule has 0 atom stereocenters. The van der Waals surface area contributed by atoms with Crippen molar-refractivity contribution >= 4 is 10.9 Å². The van der Waals surface area contributed by atoms with Crippen LogP contribution in [0.2, 0.25) is 0 Å². The van der Waals surface area contributed by atoms with Gasteiger partial charge in [-0.05, 0) is 12.1 Å². The molecule has 3 heteroatoms. The van der Waals surface area contributed by atoms with Crippen molar-refractivity contribution in [2.45, 2.75) is 0 Å². The van der Waals surface area contributed by atoms with Gasteiger partial charge in [-0.2, -0.15) is 0 Å². The van der Waals surface area contributed by atoms with Crippen molar-refractivity contribution in [3.8, 4) is 11.3 Å². The van der Waals surface area contributed by atoms with Crippen LogP contribution in [-0.4, -0.2) is 9.97 Å². The number of pyridine rings is 1. The summed E-state index contributed by atoms with van der Waals surface area (Å²) in [4.78, 5) is 18.3. The molecule has 72 valence electrons. The van der Waals surface area contributed by atoms with E-state index in [1.807, 2.05) is 30.3 Å². The van der Waals surface area contributed by atoms with Gasteiger partial charge >= 0.3 is 0 Å². The summed E-state index contributed by atoms with van der Waals surface area (Å²) in [7, 11) is 0. The zero-order chi connectivity index (χ0) is 10.3. The summed E-state index contributed by atoms with van der Waals surface area (Å²) in [6.07, 6.45) is 1.75. The molecule has 0 saturated heterocycles. The Hall–Kier alpha value is -2.16. The van der Waals surface area contributed by atoms with E-state index in [1.165, 1.54) is 6.07 Å². The third-order valence-corrected chi connectivity index (χ3v) is 2.47. The number of nitrogens with one attached hydrogen (secondary N) is 1. The van der Waals surface area contributed by atoms with Gasteiger partial charge in [0.25, 0.3) is 0 Å². The molecule has 0 unspecified atom stereocenters. The fourth-order valence-electron chi connectivity index (χ4n) is 1.77. The number of H-pyrrole nitrogens is 1. The van der Waals surface area contributed by atoms with Gasteiger partial charge in [-0.3, -0.25) is 9.78 Å². The smallest absolute Gasteiger partial charge is 0.248 e. The van der Waals surface area contributed by atoms with Crippen molar-refractivity contribution < 1.29 is 0 Å². The fraction of sp³-hybridized carbons (Fsp3) is 0. The molecule has 1 aromatic rings. The Morgan fingerprint density at radius 2 is 2.00 bits per heavy atom. The molecule has 0 aromatic carbocycles. The van der Waals surface area contributed by atoms with Gasteiger partial charge < -0.3 is 4.98 Å². The van der Waals surface area contributed by atoms with E-state index in [2.05, 4.69) is 9.97 Å². The predicted octanol–water partition coefficient (Wildman–Crippen LogP) is 2.03. The lowest BCUT2D eigenvalue weighted by atomic mass is 10.2. The second-order valence-corrected chi connectivity index (χ2v) is 3.43. The maximum Gasteiger partial charge on any atom is 0.248 e. The quantitative estimate of drug-likeness (QED) is 0.598. The molecule has 0 saturated carbocycles. The first-order valence-corrected chi connectivity index (χ1v) is 4.71. The molecule has 0 fully saturated rings. The van der Waals surface area contributed by atoms with Crippen molar-refractivity contribution in [1.82, 2.24) is 9.97 Å². The lowest BCUT2D eigenvalue weighted by Crippen LogP contribution is -2.02. The van der Waals surface area contributed by atoms with Gasteiger partial charge in [0.05, 0.1) is 11.2 Å². The largest absolute Gasteiger partial charge is 0.320 e. The Kier molecular flexibility index (Phi) is 1.59. The number of hydrogen-bond donors (Lipinski definition) is 1. The number of aromatic nitrogens is 2. The molecule has 3 rings (SSSR count). The SMILES string of the molecule is O=c1ccc2cccc3ccnc-3c2[nH]1. The van der Waals surface area contributed by atoms with Crippen molar-refractivity contribution in [3.63, 3.8) is 0 Å². The summed E-state index contributed by atoms with van der Waals surface area (Å²) in [6.45, 7) is 0. The normalized spacial score (nSPS) is 10.9. The number of aromatic amines is 1. The molecule has 15 heavy (non-hydrogen) atoms. The van der Waals surface area contributed by atoms with Crippen LogP contribution in [0.3, 0.4) is 0 Å². The minimum Gasteiger partial charge on any atom is -0.320 e. The summed E-state index contributed by atoms with van der Waals surface area (Å²) in [5.41, 5.74) is 2.57. The topological polar surface area (TPSA) is 45.8 Å². The zero-order valence-electron chi connectivity index (χ0n) is 7.90. The van der Waals surface area contributed by atoms with Crippen LogP contribution in [0.4, 0.5) is 0 Å². The highest BCUT2D eigenvalue weighted by Gasteiger charge is 2.06. The second kappa shape index (κ2) is 2.92. The molecule has 0 amide bonds. The Balaban J connectivity index is 2.58. The standard InChI is InChI=1S/C12H8N2O/c15-10-5-4-8-2-1-3-9-6-7-13-11(9)12(8)14-10/h1-7H,(H,14,15). The first-order valence-electron chi connectivity index (χ1n) is 4.71. The van der Waals surface area contributed by atoms with E-state index >= 15 is 0 Å². The van der Waals surface area contributed by atoms with Crippen LogP contribution in [0.15, 0.2) is 47.4 Å². The summed E-state index contributed by atoms with van der Waals surface area (Å²) in [6, 6.07) is 11.2. The summed E-state index contributed by atoms with van der Waals surface area (Å²) in [5.74, 6) is 0. The molecule has 2 heterocycles. The molecule has 0 radical (unpaired) electrons. The Labute approximate surface area is 85.8 Å². The number of hydrogen-bond acceptors (Lipinski definition) is 2. The van der Waals surface area contributed by atoms with Gasteiger partial charge in [0, 0.05) is 23.2 Å². The van der Waals surface area contributed by atoms with Crippen LogP contribution in [0, 0.1) is 0 Å². The van der Waals surface area contributed by atoms with E-state index in [9.17, 15) is 4.79 Å². The Morgan fingerprint density at radius 3 is 2.93 bits per heavy atom. The number of nitrogens with zero attached hydrogens (tertiary/aromatic N) is 1. The molecule has 1 N–H and O–H groups in total. The molecule has 1 aliphatic carbocycles. The molecule has 2 aliphatic rings. The molecule has 0 spiro atoms. The zero-order valence-corrected chi connectivity index (χ0v) is 7.90. The van der Waals surface area contributed by atoms with E-state index in [4.69, 9.17) is 0 Å². The summed E-state index contributed by atoms with van der Waals surface area (Å²) in [5, 5.41) is 0.989. The molecule has 1 aromatic heterocycles. The van der Waals surface area contributed by atoms with Crippen LogP contribution < -0.4 is 5.56 Å². The van der Waals surface area contributed by atoms with Crippen LogP contribution in [0.1, 0.15) is 0 Å². The van der Waals surface area contributed by atoms with Gasteiger partial charge in [-0.25, -0.2) is 0 Å². The van der Waals surface area contributed by atoms with Gasteiger partial charge in [0.1, 0.15) is 0 Å². The minimum absolute atomic E-state index is 0.0991. The lowest BCUT2D eigenvalue weighted by Gasteiger charge is -1.95. The van der Waals surface area contributed by atoms with E-state index in [0.29, 0.717) is 0 Å². The highest BCUT2D eigenvalue weighted by Crippen LogP contribution is 2.24. The van der Waals surface area contributed by atoms with Crippen molar-refractivity contribution in [3.05, 3.63) is 52.9 Å². The number of fused-ring (bicyclic) bond motifs is 3. The Morgan fingerprint density at radius 1 is 1.07 bits per heavy atom. The summed E-state index contributed by atoms with van der Waals surface area (Å²) < 4.78 is 0. The van der Waals surface area contributed by atoms with Crippen LogP contribution in [0.25, 0.3) is 22.2 Å². The van der Waals surface area contributed by atoms with E-state index in [1.54, 1.807) is 6.20 Å². The van der Waals surface area contributed by atoms with Crippen molar-refractivity contribution in [1.29, 1.82) is 0 Å². The monoisotopic (exact) mass is 196 g/mol. The average molecular weight is 196 g/mol. The molecule has 1 aliphatic heterocycles. The highest BCUT2D eigenvalue weighted by molar-refractivity contribution is 5.91. The summed E-state index contributed by atoms with van der Waals surface area (Å²) >= 11 is 0. The second-order valence-electron chi connectivity index (χ2n) is 3.43.